The number of fused-ring (bicyclic) bond motifs is 2. The van der Waals surface area contributed by atoms with Crippen molar-refractivity contribution in [1.82, 2.24) is 19.0 Å². The summed E-state index contributed by atoms with van der Waals surface area (Å²) in [4.78, 5) is 5.62. The van der Waals surface area contributed by atoms with E-state index in [1.807, 2.05) is 39.5 Å². The predicted molar refractivity (Wildman–Crippen MR) is 89.8 cm³/mol. The average molecular weight is 308 g/mol. The highest BCUT2D eigenvalue weighted by Crippen LogP contribution is 2.21. The molecule has 4 aromatic rings. The lowest BCUT2D eigenvalue weighted by atomic mass is 9.98. The van der Waals surface area contributed by atoms with E-state index in [0.29, 0.717) is 5.92 Å². The molecule has 0 bridgehead atoms. The highest BCUT2D eigenvalue weighted by Gasteiger charge is 2.11. The molecule has 0 aliphatic heterocycles. The Morgan fingerprint density at radius 2 is 2.09 bits per heavy atom. The fraction of sp³-hybridized carbons (Fsp3) is 0.176. The Kier molecular flexibility index (Phi) is 3.15. The van der Waals surface area contributed by atoms with Crippen LogP contribution in [0.4, 0.5) is 0 Å². The molecule has 4 aromatic heterocycles. The van der Waals surface area contributed by atoms with Crippen molar-refractivity contribution in [2.45, 2.75) is 24.2 Å². The average Bonchev–Trinajstić information content (AvgIpc) is 3.11. The Balaban J connectivity index is 1.62. The molecule has 0 fully saturated rings. The van der Waals surface area contributed by atoms with Crippen molar-refractivity contribution in [3.8, 4) is 0 Å². The van der Waals surface area contributed by atoms with Gasteiger partial charge in [0.25, 0.3) is 0 Å². The van der Waals surface area contributed by atoms with Crippen LogP contribution in [0.2, 0.25) is 0 Å². The number of nitrogens with zero attached hydrogens (tertiary/aromatic N) is 4. The molecule has 0 aliphatic rings. The third kappa shape index (κ3) is 2.37. The normalized spacial score (nSPS) is 13.0. The monoisotopic (exact) mass is 308 g/mol. The molecule has 0 radical (unpaired) electrons. The zero-order valence-corrected chi connectivity index (χ0v) is 13.1. The summed E-state index contributed by atoms with van der Waals surface area (Å²) in [5.41, 5.74) is 4.41. The van der Waals surface area contributed by atoms with Crippen molar-refractivity contribution in [3.05, 3.63) is 66.4 Å². The van der Waals surface area contributed by atoms with Gasteiger partial charge in [0.1, 0.15) is 5.65 Å². The Morgan fingerprint density at radius 3 is 3.00 bits per heavy atom. The molecule has 0 saturated carbocycles. The van der Waals surface area contributed by atoms with E-state index >= 15 is 0 Å². The highest BCUT2D eigenvalue weighted by molar-refractivity contribution is 7.80. The molecule has 0 spiro atoms. The molecule has 0 aromatic carbocycles. The van der Waals surface area contributed by atoms with E-state index in [0.717, 1.165) is 28.2 Å². The summed E-state index contributed by atoms with van der Waals surface area (Å²) in [6, 6.07) is 10.2. The minimum absolute atomic E-state index is 0.383. The number of imidazole rings is 1. The zero-order valence-electron chi connectivity index (χ0n) is 12.2. The fourth-order valence-electron chi connectivity index (χ4n) is 2.78. The van der Waals surface area contributed by atoms with Gasteiger partial charge in [0.05, 0.1) is 11.2 Å². The first kappa shape index (κ1) is 13.4. The maximum Gasteiger partial charge on any atom is 0.138 e. The summed E-state index contributed by atoms with van der Waals surface area (Å²) in [5.74, 6) is 0.383. The Morgan fingerprint density at radius 1 is 1.18 bits per heavy atom. The summed E-state index contributed by atoms with van der Waals surface area (Å²) >= 11 is 4.36. The fourth-order valence-corrected chi connectivity index (χ4v) is 2.96. The molecule has 0 saturated heterocycles. The molecule has 4 heterocycles. The van der Waals surface area contributed by atoms with Gasteiger partial charge in [0, 0.05) is 29.7 Å². The standard InChI is InChI=1S/C17H16N4S/c1-12(13-2-3-15-4-6-18-21(15)10-13)8-14-11-20-7-5-16(22)9-17(20)19-14/h2-7,9-12,22H,8H2,1H3. The van der Waals surface area contributed by atoms with Crippen molar-refractivity contribution in [1.29, 1.82) is 0 Å². The lowest BCUT2D eigenvalue weighted by molar-refractivity contribution is 0.734. The van der Waals surface area contributed by atoms with E-state index < -0.39 is 0 Å². The largest absolute Gasteiger partial charge is 0.307 e. The maximum atomic E-state index is 4.68. The van der Waals surface area contributed by atoms with Gasteiger partial charge >= 0.3 is 0 Å². The van der Waals surface area contributed by atoms with Gasteiger partial charge < -0.3 is 4.40 Å². The van der Waals surface area contributed by atoms with E-state index in [1.165, 1.54) is 5.56 Å². The second-order valence-electron chi connectivity index (χ2n) is 5.65. The summed E-state index contributed by atoms with van der Waals surface area (Å²) < 4.78 is 3.96. The van der Waals surface area contributed by atoms with Gasteiger partial charge in [-0.2, -0.15) is 5.10 Å². The van der Waals surface area contributed by atoms with E-state index in [-0.39, 0.29) is 0 Å². The van der Waals surface area contributed by atoms with Gasteiger partial charge in [-0.1, -0.05) is 13.0 Å². The third-order valence-electron chi connectivity index (χ3n) is 4.00. The van der Waals surface area contributed by atoms with E-state index in [4.69, 9.17) is 0 Å². The van der Waals surface area contributed by atoms with E-state index in [9.17, 15) is 0 Å². The van der Waals surface area contributed by atoms with Gasteiger partial charge in [-0.3, -0.25) is 0 Å². The SMILES string of the molecule is CC(Cc1cn2ccc(S)cc2n1)c1ccc2ccnn2c1. The maximum absolute atomic E-state index is 4.68. The van der Waals surface area contributed by atoms with Gasteiger partial charge in [-0.05, 0) is 42.2 Å². The molecule has 4 rings (SSSR count). The quantitative estimate of drug-likeness (QED) is 0.587. The molecular weight excluding hydrogens is 292 g/mol. The molecule has 5 heteroatoms. The smallest absolute Gasteiger partial charge is 0.138 e. The van der Waals surface area contributed by atoms with Crippen LogP contribution in [-0.2, 0) is 6.42 Å². The number of hydrogen-bond donors (Lipinski definition) is 1. The Labute approximate surface area is 133 Å². The first-order chi connectivity index (χ1) is 10.7. The van der Waals surface area contributed by atoms with Crippen molar-refractivity contribution in [3.63, 3.8) is 0 Å². The molecule has 0 amide bonds. The van der Waals surface area contributed by atoms with Crippen LogP contribution in [0.25, 0.3) is 11.2 Å². The van der Waals surface area contributed by atoms with Crippen LogP contribution in [0.3, 0.4) is 0 Å². The molecule has 0 aliphatic carbocycles. The van der Waals surface area contributed by atoms with Gasteiger partial charge in [-0.25, -0.2) is 9.50 Å². The van der Waals surface area contributed by atoms with Crippen LogP contribution in [0.1, 0.15) is 24.1 Å². The topological polar surface area (TPSA) is 34.6 Å². The van der Waals surface area contributed by atoms with Crippen molar-refractivity contribution in [2.24, 2.45) is 0 Å². The van der Waals surface area contributed by atoms with Crippen molar-refractivity contribution in [2.75, 3.05) is 0 Å². The molecule has 4 nitrogen and oxygen atoms in total. The second-order valence-corrected chi connectivity index (χ2v) is 6.17. The minimum atomic E-state index is 0.383. The number of pyridine rings is 2. The lowest BCUT2D eigenvalue weighted by Gasteiger charge is -2.10. The van der Waals surface area contributed by atoms with Crippen molar-refractivity contribution < 1.29 is 0 Å². The number of aromatic nitrogens is 4. The molecule has 22 heavy (non-hydrogen) atoms. The molecule has 110 valence electrons. The zero-order chi connectivity index (χ0) is 15.1. The van der Waals surface area contributed by atoms with Crippen LogP contribution >= 0.6 is 12.6 Å². The van der Waals surface area contributed by atoms with Crippen LogP contribution < -0.4 is 0 Å². The lowest BCUT2D eigenvalue weighted by Crippen LogP contribution is -2.01. The van der Waals surface area contributed by atoms with Crippen LogP contribution in [-0.4, -0.2) is 19.0 Å². The number of rotatable bonds is 3. The van der Waals surface area contributed by atoms with Crippen LogP contribution in [0, 0.1) is 0 Å². The van der Waals surface area contributed by atoms with E-state index in [2.05, 4.69) is 54.2 Å². The molecule has 1 atom stereocenters. The Bertz CT molecular complexity index is 954. The van der Waals surface area contributed by atoms with Gasteiger partial charge in [0.2, 0.25) is 0 Å². The van der Waals surface area contributed by atoms with E-state index in [1.54, 1.807) is 0 Å². The summed E-state index contributed by atoms with van der Waals surface area (Å²) in [7, 11) is 0. The van der Waals surface area contributed by atoms with Gasteiger partial charge in [-0.15, -0.1) is 12.6 Å². The van der Waals surface area contributed by atoms with Crippen LogP contribution in [0.15, 0.2) is 60.0 Å². The summed E-state index contributed by atoms with van der Waals surface area (Å²) in [6.07, 6.45) is 8.90. The molecule has 1 unspecified atom stereocenters. The number of thiol groups is 1. The molecule has 0 N–H and O–H groups in total. The third-order valence-corrected chi connectivity index (χ3v) is 4.28. The number of hydrogen-bond acceptors (Lipinski definition) is 3. The van der Waals surface area contributed by atoms with Crippen LogP contribution in [0.5, 0.6) is 0 Å². The summed E-state index contributed by atoms with van der Waals surface area (Å²) in [6.45, 7) is 2.22. The molecular formula is C17H16N4S. The first-order valence-electron chi connectivity index (χ1n) is 7.29. The Hall–Kier alpha value is -2.27. The predicted octanol–water partition coefficient (Wildman–Crippen LogP) is 3.62. The van der Waals surface area contributed by atoms with Gasteiger partial charge in [0.15, 0.2) is 0 Å². The second kappa shape index (κ2) is 5.18. The summed E-state index contributed by atoms with van der Waals surface area (Å²) in [5, 5.41) is 4.30. The highest BCUT2D eigenvalue weighted by atomic mass is 32.1. The minimum Gasteiger partial charge on any atom is -0.307 e. The first-order valence-corrected chi connectivity index (χ1v) is 7.74. The van der Waals surface area contributed by atoms with Crippen molar-refractivity contribution >= 4 is 23.8 Å².